The molecule has 1 saturated carbocycles. The molecule has 2 rings (SSSR count). The standard InChI is InChI=1S/C11H21NO2/c1-2-4-10(3-1)7-12-8-11-5-6-13-9-14-11/h10-12H,1-9H2. The van der Waals surface area contributed by atoms with Crippen molar-refractivity contribution in [3.8, 4) is 0 Å². The number of rotatable bonds is 4. The van der Waals surface area contributed by atoms with Crippen molar-refractivity contribution < 1.29 is 9.47 Å². The van der Waals surface area contributed by atoms with Gasteiger partial charge in [0.15, 0.2) is 0 Å². The predicted octanol–water partition coefficient (Wildman–Crippen LogP) is 1.53. The van der Waals surface area contributed by atoms with Gasteiger partial charge < -0.3 is 14.8 Å². The number of hydrogen-bond donors (Lipinski definition) is 1. The van der Waals surface area contributed by atoms with Crippen LogP contribution in [0.15, 0.2) is 0 Å². The summed E-state index contributed by atoms with van der Waals surface area (Å²) in [6.45, 7) is 3.52. The molecule has 82 valence electrons. The van der Waals surface area contributed by atoms with Crippen LogP contribution in [0.4, 0.5) is 0 Å². The first-order valence-corrected chi connectivity index (χ1v) is 5.85. The maximum absolute atomic E-state index is 5.46. The Kier molecular flexibility index (Phi) is 4.22. The van der Waals surface area contributed by atoms with Gasteiger partial charge in [0.2, 0.25) is 0 Å². The number of hydrogen-bond acceptors (Lipinski definition) is 3. The summed E-state index contributed by atoms with van der Waals surface area (Å²) >= 11 is 0. The van der Waals surface area contributed by atoms with Crippen LogP contribution in [0.5, 0.6) is 0 Å². The van der Waals surface area contributed by atoms with Gasteiger partial charge in [0.25, 0.3) is 0 Å². The van der Waals surface area contributed by atoms with Crippen LogP contribution in [-0.2, 0) is 9.47 Å². The largest absolute Gasteiger partial charge is 0.355 e. The van der Waals surface area contributed by atoms with Crippen LogP contribution in [0, 0.1) is 5.92 Å². The first-order valence-electron chi connectivity index (χ1n) is 5.85. The molecule has 0 bridgehead atoms. The molecule has 1 saturated heterocycles. The van der Waals surface area contributed by atoms with Crippen LogP contribution in [0.1, 0.15) is 32.1 Å². The molecule has 1 aliphatic carbocycles. The number of ether oxygens (including phenoxy) is 2. The SMILES string of the molecule is C1CCC(CNCC2CCOCO2)C1. The average Bonchev–Trinajstić information content (AvgIpc) is 2.72. The molecule has 2 fully saturated rings. The van der Waals surface area contributed by atoms with E-state index in [-0.39, 0.29) is 0 Å². The number of nitrogens with one attached hydrogen (secondary N) is 1. The Bertz CT molecular complexity index is 151. The summed E-state index contributed by atoms with van der Waals surface area (Å²) in [4.78, 5) is 0. The van der Waals surface area contributed by atoms with Gasteiger partial charge in [0.05, 0.1) is 12.7 Å². The second-order valence-corrected chi connectivity index (χ2v) is 4.41. The highest BCUT2D eigenvalue weighted by Gasteiger charge is 2.17. The van der Waals surface area contributed by atoms with Crippen molar-refractivity contribution in [2.75, 3.05) is 26.5 Å². The third-order valence-electron chi connectivity index (χ3n) is 3.25. The molecule has 0 amide bonds. The fraction of sp³-hybridized carbons (Fsp3) is 1.00. The van der Waals surface area contributed by atoms with Crippen molar-refractivity contribution >= 4 is 0 Å². The summed E-state index contributed by atoms with van der Waals surface area (Å²) in [6, 6.07) is 0. The molecular formula is C11H21NO2. The fourth-order valence-electron chi connectivity index (χ4n) is 2.33. The Balaban J connectivity index is 1.52. The maximum atomic E-state index is 5.46. The van der Waals surface area contributed by atoms with Gasteiger partial charge in [-0.1, -0.05) is 12.8 Å². The van der Waals surface area contributed by atoms with E-state index >= 15 is 0 Å². The molecule has 0 aromatic heterocycles. The van der Waals surface area contributed by atoms with E-state index in [1.165, 1.54) is 32.2 Å². The van der Waals surface area contributed by atoms with E-state index in [1.807, 2.05) is 0 Å². The zero-order chi connectivity index (χ0) is 9.64. The lowest BCUT2D eigenvalue weighted by atomic mass is 10.1. The normalized spacial score (nSPS) is 29.6. The quantitative estimate of drug-likeness (QED) is 0.745. The Morgan fingerprint density at radius 3 is 2.64 bits per heavy atom. The lowest BCUT2D eigenvalue weighted by molar-refractivity contribution is -0.137. The minimum atomic E-state index is 0.380. The first kappa shape index (κ1) is 10.4. The molecular weight excluding hydrogens is 178 g/mol. The van der Waals surface area contributed by atoms with Gasteiger partial charge in [-0.05, 0) is 31.7 Å². The van der Waals surface area contributed by atoms with E-state index in [0.29, 0.717) is 12.9 Å². The molecule has 1 N–H and O–H groups in total. The van der Waals surface area contributed by atoms with E-state index in [1.54, 1.807) is 0 Å². The molecule has 0 radical (unpaired) electrons. The van der Waals surface area contributed by atoms with Crippen LogP contribution in [0.3, 0.4) is 0 Å². The Morgan fingerprint density at radius 2 is 1.93 bits per heavy atom. The smallest absolute Gasteiger partial charge is 0.147 e. The van der Waals surface area contributed by atoms with Crippen molar-refractivity contribution in [1.82, 2.24) is 5.32 Å². The van der Waals surface area contributed by atoms with E-state index in [4.69, 9.17) is 9.47 Å². The van der Waals surface area contributed by atoms with E-state index in [9.17, 15) is 0 Å². The average molecular weight is 199 g/mol. The highest BCUT2D eigenvalue weighted by Crippen LogP contribution is 2.23. The summed E-state index contributed by atoms with van der Waals surface area (Å²) < 4.78 is 10.6. The van der Waals surface area contributed by atoms with Crippen LogP contribution in [-0.4, -0.2) is 32.6 Å². The van der Waals surface area contributed by atoms with Crippen LogP contribution in [0.2, 0.25) is 0 Å². The minimum Gasteiger partial charge on any atom is -0.355 e. The summed E-state index contributed by atoms with van der Waals surface area (Å²) in [7, 11) is 0. The fourth-order valence-corrected chi connectivity index (χ4v) is 2.33. The van der Waals surface area contributed by atoms with E-state index in [2.05, 4.69) is 5.32 Å². The Hall–Kier alpha value is -0.120. The van der Waals surface area contributed by atoms with Gasteiger partial charge in [-0.3, -0.25) is 0 Å². The van der Waals surface area contributed by atoms with Crippen LogP contribution in [0.25, 0.3) is 0 Å². The molecule has 1 aliphatic heterocycles. The monoisotopic (exact) mass is 199 g/mol. The van der Waals surface area contributed by atoms with Gasteiger partial charge in [0, 0.05) is 6.54 Å². The zero-order valence-corrected chi connectivity index (χ0v) is 8.84. The van der Waals surface area contributed by atoms with Gasteiger partial charge >= 0.3 is 0 Å². The lowest BCUT2D eigenvalue weighted by Crippen LogP contribution is -2.35. The summed E-state index contributed by atoms with van der Waals surface area (Å²) in [5.74, 6) is 0.926. The molecule has 3 heteroatoms. The van der Waals surface area contributed by atoms with Crippen molar-refractivity contribution in [1.29, 1.82) is 0 Å². The lowest BCUT2D eigenvalue weighted by Gasteiger charge is -2.23. The highest BCUT2D eigenvalue weighted by atomic mass is 16.7. The summed E-state index contributed by atoms with van der Waals surface area (Å²) in [5, 5.41) is 3.52. The predicted molar refractivity (Wildman–Crippen MR) is 55.1 cm³/mol. The van der Waals surface area contributed by atoms with Crippen molar-refractivity contribution in [2.45, 2.75) is 38.2 Å². The molecule has 0 aromatic carbocycles. The van der Waals surface area contributed by atoms with Crippen molar-refractivity contribution in [3.05, 3.63) is 0 Å². The van der Waals surface area contributed by atoms with Crippen molar-refractivity contribution in [3.63, 3.8) is 0 Å². The highest BCUT2D eigenvalue weighted by molar-refractivity contribution is 4.71. The molecule has 1 unspecified atom stereocenters. The molecule has 0 aromatic rings. The maximum Gasteiger partial charge on any atom is 0.147 e. The van der Waals surface area contributed by atoms with Gasteiger partial charge in [-0.2, -0.15) is 0 Å². The van der Waals surface area contributed by atoms with E-state index < -0.39 is 0 Å². The molecule has 2 aliphatic rings. The third-order valence-corrected chi connectivity index (χ3v) is 3.25. The molecule has 0 spiro atoms. The second-order valence-electron chi connectivity index (χ2n) is 4.41. The topological polar surface area (TPSA) is 30.5 Å². The molecule has 1 heterocycles. The molecule has 14 heavy (non-hydrogen) atoms. The van der Waals surface area contributed by atoms with Crippen molar-refractivity contribution in [2.24, 2.45) is 5.92 Å². The van der Waals surface area contributed by atoms with Gasteiger partial charge in [-0.25, -0.2) is 0 Å². The Labute approximate surface area is 86.2 Å². The summed E-state index contributed by atoms with van der Waals surface area (Å²) in [5.41, 5.74) is 0. The molecule has 1 atom stereocenters. The third kappa shape index (κ3) is 3.23. The van der Waals surface area contributed by atoms with Crippen LogP contribution < -0.4 is 5.32 Å². The zero-order valence-electron chi connectivity index (χ0n) is 8.84. The van der Waals surface area contributed by atoms with Gasteiger partial charge in [0.1, 0.15) is 6.79 Å². The van der Waals surface area contributed by atoms with Crippen LogP contribution >= 0.6 is 0 Å². The van der Waals surface area contributed by atoms with Gasteiger partial charge in [-0.15, -0.1) is 0 Å². The minimum absolute atomic E-state index is 0.380. The molecule has 3 nitrogen and oxygen atoms in total. The Morgan fingerprint density at radius 1 is 1.07 bits per heavy atom. The first-order chi connectivity index (χ1) is 6.95. The second kappa shape index (κ2) is 5.69. The summed E-state index contributed by atoms with van der Waals surface area (Å²) in [6.07, 6.45) is 7.12. The van der Waals surface area contributed by atoms with E-state index in [0.717, 1.165) is 25.5 Å².